The molecule has 0 saturated carbocycles. The maximum absolute atomic E-state index is 8.39. The minimum atomic E-state index is 0.00527. The third-order valence-electron chi connectivity index (χ3n) is 3.66. The summed E-state index contributed by atoms with van der Waals surface area (Å²) in [5.41, 5.74) is 6.15. The highest BCUT2D eigenvalue weighted by Crippen LogP contribution is 2.29. The second kappa shape index (κ2) is 6.48. The van der Waals surface area contributed by atoms with Crippen molar-refractivity contribution in [2.24, 2.45) is 0 Å². The Labute approximate surface area is 148 Å². The van der Waals surface area contributed by atoms with E-state index in [4.69, 9.17) is 39.0 Å². The molecule has 1 aliphatic heterocycles. The van der Waals surface area contributed by atoms with Gasteiger partial charge in [-0.3, -0.25) is 15.4 Å². The third-order valence-corrected chi connectivity index (χ3v) is 4.40. The summed E-state index contributed by atoms with van der Waals surface area (Å²) in [6.45, 7) is 1.27. The number of benzene rings is 1. The number of likely N-dealkylation sites (N-methyl/N-ethyl adjacent to an activating group) is 1. The van der Waals surface area contributed by atoms with Crippen LogP contribution in [0.5, 0.6) is 0 Å². The maximum Gasteiger partial charge on any atom is 0.182 e. The van der Waals surface area contributed by atoms with E-state index in [-0.39, 0.29) is 11.0 Å². The molecule has 1 aromatic heterocycles. The monoisotopic (exact) mass is 369 g/mol. The fraction of sp³-hybridized carbons (Fsp3) is 0.286. The van der Waals surface area contributed by atoms with E-state index >= 15 is 0 Å². The minimum absolute atomic E-state index is 0.00527. The van der Waals surface area contributed by atoms with Gasteiger partial charge in [0.15, 0.2) is 22.6 Å². The molecule has 1 aliphatic rings. The molecule has 4 N–H and O–H groups in total. The zero-order chi connectivity index (χ0) is 17.4. The van der Waals surface area contributed by atoms with Crippen LogP contribution in [-0.4, -0.2) is 34.7 Å². The lowest BCUT2D eigenvalue weighted by Crippen LogP contribution is -2.42. The van der Waals surface area contributed by atoms with E-state index in [1.54, 1.807) is 27.3 Å². The molecule has 24 heavy (non-hydrogen) atoms. The standard InChI is InChI=1S/C14H17Cl2N7O/c1-21(2)5-6-22-11(17)12(18)23(14-13(22)19-24-20-14)8-3-4-9(15)10(16)7-8/h3-4,7,17-20H,5-6H2,1-2H3. The van der Waals surface area contributed by atoms with E-state index in [1.807, 2.05) is 19.0 Å². The SMILES string of the molecule is CN(C)CCn1c2c(n(-c3ccc(Cl)c(Cl)c3)c(=N)c1=N)NON2. The first-order valence-corrected chi connectivity index (χ1v) is 7.93. The van der Waals surface area contributed by atoms with Crippen LogP contribution in [0.1, 0.15) is 0 Å². The highest BCUT2D eigenvalue weighted by atomic mass is 35.5. The summed E-state index contributed by atoms with van der Waals surface area (Å²) in [5, 5.41) is 17.5. The molecule has 2 heterocycles. The number of fused-ring (bicyclic) bond motifs is 1. The van der Waals surface area contributed by atoms with Crippen LogP contribution in [0.15, 0.2) is 18.2 Å². The summed E-state index contributed by atoms with van der Waals surface area (Å²) >= 11 is 12.1. The van der Waals surface area contributed by atoms with Gasteiger partial charge in [0, 0.05) is 13.1 Å². The molecule has 2 aromatic rings. The van der Waals surface area contributed by atoms with E-state index in [2.05, 4.69) is 11.0 Å². The Hall–Kier alpha value is -2.00. The van der Waals surface area contributed by atoms with Gasteiger partial charge in [-0.05, 0) is 32.3 Å². The predicted molar refractivity (Wildman–Crippen MR) is 92.4 cm³/mol. The molecule has 0 aliphatic carbocycles. The molecule has 0 amide bonds. The molecule has 0 spiro atoms. The summed E-state index contributed by atoms with van der Waals surface area (Å²) in [7, 11) is 3.90. The van der Waals surface area contributed by atoms with Crippen LogP contribution in [0, 0.1) is 10.8 Å². The maximum atomic E-state index is 8.39. The normalized spacial score (nSPS) is 12.9. The number of nitrogens with zero attached hydrogens (tertiary/aromatic N) is 3. The Morgan fingerprint density at radius 2 is 1.79 bits per heavy atom. The number of aromatic nitrogens is 2. The fourth-order valence-electron chi connectivity index (χ4n) is 2.42. The van der Waals surface area contributed by atoms with E-state index in [9.17, 15) is 0 Å². The summed E-state index contributed by atoms with van der Waals surface area (Å²) < 4.78 is 3.23. The number of halogens is 2. The number of nitrogens with one attached hydrogen (secondary N) is 4. The highest BCUT2D eigenvalue weighted by Gasteiger charge is 2.22. The number of hydrogen-bond donors (Lipinski definition) is 4. The Kier molecular flexibility index (Phi) is 4.55. The van der Waals surface area contributed by atoms with E-state index in [1.165, 1.54) is 0 Å². The number of hydrogen-bond acceptors (Lipinski definition) is 6. The molecule has 0 bridgehead atoms. The lowest BCUT2D eigenvalue weighted by Gasteiger charge is -2.18. The Morgan fingerprint density at radius 1 is 1.08 bits per heavy atom. The van der Waals surface area contributed by atoms with Gasteiger partial charge in [0.05, 0.1) is 15.7 Å². The predicted octanol–water partition coefficient (Wildman–Crippen LogP) is 1.79. The smallest absolute Gasteiger partial charge is 0.182 e. The van der Waals surface area contributed by atoms with Crippen molar-refractivity contribution < 1.29 is 4.94 Å². The van der Waals surface area contributed by atoms with Crippen molar-refractivity contribution in [1.29, 1.82) is 10.8 Å². The van der Waals surface area contributed by atoms with Gasteiger partial charge in [-0.15, -0.1) is 0 Å². The van der Waals surface area contributed by atoms with Crippen LogP contribution in [0.2, 0.25) is 10.0 Å². The molecule has 10 heteroatoms. The first-order valence-electron chi connectivity index (χ1n) is 7.17. The van der Waals surface area contributed by atoms with Crippen molar-refractivity contribution in [1.82, 2.24) is 14.0 Å². The molecular formula is C14H17Cl2N7O. The van der Waals surface area contributed by atoms with Crippen molar-refractivity contribution in [2.45, 2.75) is 6.54 Å². The Morgan fingerprint density at radius 3 is 2.46 bits per heavy atom. The fourth-order valence-corrected chi connectivity index (χ4v) is 2.71. The molecule has 8 nitrogen and oxygen atoms in total. The van der Waals surface area contributed by atoms with Crippen LogP contribution in [0.25, 0.3) is 5.69 Å². The average Bonchev–Trinajstić information content (AvgIpc) is 2.99. The molecule has 0 saturated heterocycles. The van der Waals surface area contributed by atoms with Crippen LogP contribution in [0.3, 0.4) is 0 Å². The third kappa shape index (κ3) is 2.89. The largest absolute Gasteiger partial charge is 0.308 e. The lowest BCUT2D eigenvalue weighted by molar-refractivity contribution is 0.277. The molecule has 0 atom stereocenters. The highest BCUT2D eigenvalue weighted by molar-refractivity contribution is 6.42. The molecule has 0 fully saturated rings. The summed E-state index contributed by atoms with van der Waals surface area (Å²) in [6, 6.07) is 5.03. The van der Waals surface area contributed by atoms with Crippen LogP contribution < -0.4 is 21.9 Å². The summed E-state index contributed by atoms with van der Waals surface area (Å²) in [5.74, 6) is 1.09. The van der Waals surface area contributed by atoms with Gasteiger partial charge in [-0.2, -0.15) is 4.94 Å². The minimum Gasteiger partial charge on any atom is -0.308 e. The van der Waals surface area contributed by atoms with Crippen molar-refractivity contribution in [3.63, 3.8) is 0 Å². The zero-order valence-electron chi connectivity index (χ0n) is 13.2. The zero-order valence-corrected chi connectivity index (χ0v) is 14.7. The molecule has 1 aromatic carbocycles. The van der Waals surface area contributed by atoms with Crippen molar-refractivity contribution in [3.05, 3.63) is 39.2 Å². The molecular weight excluding hydrogens is 353 g/mol. The molecule has 3 rings (SSSR count). The van der Waals surface area contributed by atoms with Gasteiger partial charge >= 0.3 is 0 Å². The van der Waals surface area contributed by atoms with Gasteiger partial charge in [0.2, 0.25) is 0 Å². The summed E-state index contributed by atoms with van der Waals surface area (Å²) in [6.07, 6.45) is 0. The van der Waals surface area contributed by atoms with E-state index < -0.39 is 0 Å². The number of anilines is 2. The summed E-state index contributed by atoms with van der Waals surface area (Å²) in [4.78, 5) is 7.11. The lowest BCUT2D eigenvalue weighted by atomic mass is 10.3. The second-order valence-electron chi connectivity index (χ2n) is 5.59. The van der Waals surface area contributed by atoms with Crippen LogP contribution in [0.4, 0.5) is 11.6 Å². The first kappa shape index (κ1) is 16.8. The topological polar surface area (TPSA) is 94.1 Å². The first-order chi connectivity index (χ1) is 11.4. The van der Waals surface area contributed by atoms with Crippen LogP contribution in [-0.2, 0) is 11.5 Å². The van der Waals surface area contributed by atoms with Gasteiger partial charge in [-0.25, -0.2) is 11.0 Å². The molecule has 0 unspecified atom stereocenters. The van der Waals surface area contributed by atoms with Gasteiger partial charge in [0.25, 0.3) is 0 Å². The quantitative estimate of drug-likeness (QED) is 0.660. The number of rotatable bonds is 4. The van der Waals surface area contributed by atoms with Crippen molar-refractivity contribution in [3.8, 4) is 5.69 Å². The van der Waals surface area contributed by atoms with Gasteiger partial charge in [0.1, 0.15) is 0 Å². The molecule has 128 valence electrons. The van der Waals surface area contributed by atoms with Gasteiger partial charge in [-0.1, -0.05) is 23.2 Å². The Bertz CT molecular complexity index is 903. The van der Waals surface area contributed by atoms with Crippen LogP contribution >= 0.6 is 23.2 Å². The van der Waals surface area contributed by atoms with E-state index in [0.29, 0.717) is 33.9 Å². The Balaban J connectivity index is 2.20. The molecule has 0 radical (unpaired) electrons. The van der Waals surface area contributed by atoms with Crippen molar-refractivity contribution >= 4 is 34.8 Å². The van der Waals surface area contributed by atoms with Gasteiger partial charge < -0.3 is 9.47 Å². The van der Waals surface area contributed by atoms with Crippen molar-refractivity contribution in [2.75, 3.05) is 31.6 Å². The van der Waals surface area contributed by atoms with E-state index in [0.717, 1.165) is 6.54 Å². The second-order valence-corrected chi connectivity index (χ2v) is 6.40. The average molecular weight is 370 g/mol.